The van der Waals surface area contributed by atoms with E-state index in [1.165, 1.54) is 18.4 Å². The average molecular weight is 344 g/mol. The predicted molar refractivity (Wildman–Crippen MR) is 103 cm³/mol. The van der Waals surface area contributed by atoms with Crippen LogP contribution in [0.3, 0.4) is 0 Å². The van der Waals surface area contributed by atoms with Gasteiger partial charge in [-0.3, -0.25) is 4.79 Å². The van der Waals surface area contributed by atoms with E-state index in [9.17, 15) is 4.79 Å². The van der Waals surface area contributed by atoms with E-state index in [0.717, 1.165) is 44.8 Å². The number of rotatable bonds is 9. The minimum atomic E-state index is 0.228. The van der Waals surface area contributed by atoms with Gasteiger partial charge in [0.15, 0.2) is 0 Å². The summed E-state index contributed by atoms with van der Waals surface area (Å²) in [7, 11) is 3.66. The van der Waals surface area contributed by atoms with E-state index < -0.39 is 0 Å². The van der Waals surface area contributed by atoms with Gasteiger partial charge in [-0.2, -0.15) is 0 Å². The number of methoxy groups -OCH3 is 1. The van der Waals surface area contributed by atoms with Crippen molar-refractivity contribution in [3.8, 4) is 5.75 Å². The van der Waals surface area contributed by atoms with Crippen LogP contribution in [0.1, 0.15) is 31.2 Å². The second-order valence-corrected chi connectivity index (χ2v) is 6.97. The van der Waals surface area contributed by atoms with Gasteiger partial charge in [-0.15, -0.1) is 6.58 Å². The third-order valence-corrected chi connectivity index (χ3v) is 5.01. The third-order valence-electron chi connectivity index (χ3n) is 5.01. The van der Waals surface area contributed by atoms with Crippen LogP contribution < -0.4 is 4.74 Å². The van der Waals surface area contributed by atoms with Crippen molar-refractivity contribution in [2.24, 2.45) is 5.92 Å². The van der Waals surface area contributed by atoms with Crippen LogP contribution >= 0.6 is 0 Å². The highest BCUT2D eigenvalue weighted by Crippen LogP contribution is 2.21. The van der Waals surface area contributed by atoms with Gasteiger partial charge in [-0.25, -0.2) is 0 Å². The lowest BCUT2D eigenvalue weighted by molar-refractivity contribution is -0.130. The van der Waals surface area contributed by atoms with Gasteiger partial charge >= 0.3 is 0 Å². The molecule has 0 radical (unpaired) electrons. The fourth-order valence-corrected chi connectivity index (χ4v) is 3.60. The summed E-state index contributed by atoms with van der Waals surface area (Å²) < 4.78 is 5.45. The number of likely N-dealkylation sites (tertiary alicyclic amines) is 1. The number of amides is 1. The number of hydrogen-bond donors (Lipinski definition) is 0. The van der Waals surface area contributed by atoms with Crippen molar-refractivity contribution in [2.75, 3.05) is 40.3 Å². The van der Waals surface area contributed by atoms with Crippen LogP contribution in [0, 0.1) is 5.92 Å². The molecule has 0 unspecified atom stereocenters. The molecule has 1 aromatic carbocycles. The van der Waals surface area contributed by atoms with Crippen molar-refractivity contribution in [3.63, 3.8) is 0 Å². The number of nitrogens with zero attached hydrogens (tertiary/aromatic N) is 2. The largest absolute Gasteiger partial charge is 0.496 e. The number of hydrogen-bond acceptors (Lipinski definition) is 3. The smallest absolute Gasteiger partial charge is 0.222 e. The normalized spacial score (nSPS) is 17.9. The molecular weight excluding hydrogens is 312 g/mol. The summed E-state index contributed by atoms with van der Waals surface area (Å²) in [4.78, 5) is 16.5. The highest BCUT2D eigenvalue weighted by atomic mass is 16.5. The van der Waals surface area contributed by atoms with E-state index in [1.807, 2.05) is 30.2 Å². The molecule has 0 N–H and O–H groups in total. The number of piperidine rings is 1. The van der Waals surface area contributed by atoms with Crippen molar-refractivity contribution in [1.29, 1.82) is 0 Å². The van der Waals surface area contributed by atoms with E-state index in [-0.39, 0.29) is 5.91 Å². The molecule has 0 saturated carbocycles. The van der Waals surface area contributed by atoms with E-state index in [2.05, 4.69) is 23.6 Å². The van der Waals surface area contributed by atoms with Crippen LogP contribution in [0.4, 0.5) is 0 Å². The Morgan fingerprint density at radius 2 is 2.24 bits per heavy atom. The number of carbonyl (C=O) groups is 1. The topological polar surface area (TPSA) is 32.8 Å². The molecule has 1 aliphatic heterocycles. The zero-order valence-corrected chi connectivity index (χ0v) is 15.7. The molecule has 2 rings (SSSR count). The van der Waals surface area contributed by atoms with Crippen molar-refractivity contribution in [2.45, 2.75) is 32.1 Å². The van der Waals surface area contributed by atoms with Crippen molar-refractivity contribution >= 4 is 5.91 Å². The molecule has 0 aliphatic carbocycles. The lowest BCUT2D eigenvalue weighted by Crippen LogP contribution is -2.42. The molecule has 1 heterocycles. The highest BCUT2D eigenvalue weighted by Gasteiger charge is 2.22. The van der Waals surface area contributed by atoms with Crippen molar-refractivity contribution < 1.29 is 9.53 Å². The Bertz CT molecular complexity index is 559. The summed E-state index contributed by atoms with van der Waals surface area (Å²) >= 11 is 0. The maximum atomic E-state index is 12.1. The molecule has 1 saturated heterocycles. The van der Waals surface area contributed by atoms with Gasteiger partial charge in [-0.05, 0) is 49.8 Å². The summed E-state index contributed by atoms with van der Waals surface area (Å²) in [6.45, 7) is 7.83. The van der Waals surface area contributed by atoms with Gasteiger partial charge in [0.2, 0.25) is 5.91 Å². The summed E-state index contributed by atoms with van der Waals surface area (Å²) in [5, 5.41) is 0. The number of para-hydroxylation sites is 1. The number of benzene rings is 1. The van der Waals surface area contributed by atoms with Crippen LogP contribution in [0.25, 0.3) is 0 Å². The fraction of sp³-hybridized carbons (Fsp3) is 0.571. The Labute approximate surface area is 152 Å². The van der Waals surface area contributed by atoms with Gasteiger partial charge in [0, 0.05) is 33.1 Å². The first kappa shape index (κ1) is 19.5. The average Bonchev–Trinajstić information content (AvgIpc) is 2.64. The molecule has 4 heteroatoms. The van der Waals surface area contributed by atoms with Crippen LogP contribution in [0.5, 0.6) is 5.75 Å². The number of carbonyl (C=O) groups excluding carboxylic acids is 1. The predicted octanol–water partition coefficient (Wildman–Crippen LogP) is 3.37. The molecule has 4 nitrogen and oxygen atoms in total. The first-order chi connectivity index (χ1) is 12.1. The molecule has 1 aromatic rings. The zero-order chi connectivity index (χ0) is 18.1. The molecule has 25 heavy (non-hydrogen) atoms. The molecule has 1 aliphatic rings. The molecule has 1 amide bonds. The fourth-order valence-electron chi connectivity index (χ4n) is 3.60. The Balaban J connectivity index is 1.80. The van der Waals surface area contributed by atoms with E-state index in [1.54, 1.807) is 7.11 Å². The first-order valence-corrected chi connectivity index (χ1v) is 9.33. The van der Waals surface area contributed by atoms with Crippen molar-refractivity contribution in [3.05, 3.63) is 42.5 Å². The van der Waals surface area contributed by atoms with Crippen molar-refractivity contribution in [1.82, 2.24) is 9.80 Å². The van der Waals surface area contributed by atoms with E-state index in [0.29, 0.717) is 12.3 Å². The maximum Gasteiger partial charge on any atom is 0.222 e. The second kappa shape index (κ2) is 10.2. The van der Waals surface area contributed by atoms with E-state index in [4.69, 9.17) is 4.74 Å². The lowest BCUT2D eigenvalue weighted by Gasteiger charge is -2.34. The zero-order valence-electron chi connectivity index (χ0n) is 15.7. The molecule has 0 aromatic heterocycles. The summed E-state index contributed by atoms with van der Waals surface area (Å²) in [5.74, 6) is 1.78. The number of allylic oxidation sites excluding steroid dienone is 1. The second-order valence-electron chi connectivity index (χ2n) is 6.97. The molecule has 0 spiro atoms. The minimum Gasteiger partial charge on any atom is -0.496 e. The highest BCUT2D eigenvalue weighted by molar-refractivity contribution is 5.75. The van der Waals surface area contributed by atoms with Gasteiger partial charge < -0.3 is 14.5 Å². The van der Waals surface area contributed by atoms with Gasteiger partial charge in [0.05, 0.1) is 7.11 Å². The van der Waals surface area contributed by atoms with Gasteiger partial charge in [0.1, 0.15) is 5.75 Å². The standard InChI is InChI=1S/C21H32N2O2/c1-4-5-12-21(24)22(2)16-18-9-8-14-23(17-18)15-13-19-10-6-7-11-20(19)25-3/h4,6-7,10-11,18H,1,5,8-9,12-17H2,2-3H3/t18-/m0/s1. The quantitative estimate of drug-likeness (QED) is 0.644. The van der Waals surface area contributed by atoms with Crippen LogP contribution in [0.2, 0.25) is 0 Å². The van der Waals surface area contributed by atoms with Crippen LogP contribution in [0.15, 0.2) is 36.9 Å². The SMILES string of the molecule is C=CCCC(=O)N(C)C[C@@H]1CCCN(CCc2ccccc2OC)C1. The Kier molecular flexibility index (Phi) is 7.99. The third kappa shape index (κ3) is 6.20. The summed E-state index contributed by atoms with van der Waals surface area (Å²) in [5.41, 5.74) is 1.27. The van der Waals surface area contributed by atoms with Crippen LogP contribution in [-0.4, -0.2) is 56.0 Å². The Morgan fingerprint density at radius 1 is 1.44 bits per heavy atom. The first-order valence-electron chi connectivity index (χ1n) is 9.33. The Morgan fingerprint density at radius 3 is 3.00 bits per heavy atom. The molecule has 138 valence electrons. The summed E-state index contributed by atoms with van der Waals surface area (Å²) in [6, 6.07) is 8.25. The molecule has 0 bridgehead atoms. The lowest BCUT2D eigenvalue weighted by atomic mass is 9.97. The molecule has 1 fully saturated rings. The monoisotopic (exact) mass is 344 g/mol. The number of ether oxygens (including phenoxy) is 1. The summed E-state index contributed by atoms with van der Waals surface area (Å²) in [6.07, 6.45) is 6.58. The molecular formula is C21H32N2O2. The van der Waals surface area contributed by atoms with Gasteiger partial charge in [-0.1, -0.05) is 24.3 Å². The van der Waals surface area contributed by atoms with E-state index >= 15 is 0 Å². The maximum absolute atomic E-state index is 12.1. The van der Waals surface area contributed by atoms with Crippen LogP contribution in [-0.2, 0) is 11.2 Å². The molecule has 1 atom stereocenters. The van der Waals surface area contributed by atoms with Gasteiger partial charge in [0.25, 0.3) is 0 Å². The minimum absolute atomic E-state index is 0.228. The Hall–Kier alpha value is -1.81.